The number of hydrogen-bond donors (Lipinski definition) is 2. The van der Waals surface area contributed by atoms with Gasteiger partial charge < -0.3 is 16.0 Å². The van der Waals surface area contributed by atoms with Gasteiger partial charge in [-0.2, -0.15) is 0 Å². The van der Waals surface area contributed by atoms with Gasteiger partial charge in [-0.1, -0.05) is 20.3 Å². The molecule has 1 aliphatic rings. The zero-order valence-electron chi connectivity index (χ0n) is 13.0. The quantitative estimate of drug-likeness (QED) is 0.423. The molecule has 1 fully saturated rings. The molecule has 112 valence electrons. The molecule has 19 heavy (non-hydrogen) atoms. The molecule has 4 nitrogen and oxygen atoms in total. The normalized spacial score (nSPS) is 21.9. The number of nitrogens with two attached hydrogens (primary N) is 1. The second kappa shape index (κ2) is 9.18. The van der Waals surface area contributed by atoms with Crippen molar-refractivity contribution >= 4 is 5.96 Å². The molecule has 0 aromatic rings. The number of likely N-dealkylation sites (tertiary alicyclic amines) is 1. The van der Waals surface area contributed by atoms with Crippen LogP contribution in [0.25, 0.3) is 0 Å². The highest BCUT2D eigenvalue weighted by Crippen LogP contribution is 2.16. The van der Waals surface area contributed by atoms with E-state index in [9.17, 15) is 0 Å². The van der Waals surface area contributed by atoms with Crippen molar-refractivity contribution in [3.63, 3.8) is 0 Å². The van der Waals surface area contributed by atoms with E-state index in [2.05, 4.69) is 36.0 Å². The minimum atomic E-state index is 0.604. The van der Waals surface area contributed by atoms with E-state index in [1.807, 2.05) is 0 Å². The van der Waals surface area contributed by atoms with Gasteiger partial charge >= 0.3 is 0 Å². The van der Waals surface area contributed by atoms with E-state index in [1.165, 1.54) is 25.8 Å². The highest BCUT2D eigenvalue weighted by molar-refractivity contribution is 5.77. The minimum absolute atomic E-state index is 0.604. The van der Waals surface area contributed by atoms with Crippen LogP contribution in [0.2, 0.25) is 0 Å². The van der Waals surface area contributed by atoms with Crippen molar-refractivity contribution in [1.29, 1.82) is 0 Å². The van der Waals surface area contributed by atoms with Crippen LogP contribution in [0.4, 0.5) is 0 Å². The van der Waals surface area contributed by atoms with E-state index in [0.29, 0.717) is 11.9 Å². The summed E-state index contributed by atoms with van der Waals surface area (Å²) in [6.45, 7) is 10.9. The SMILES string of the molecule is CC(C)CCNC(N)=NCCCN1CCCCC1C. The summed E-state index contributed by atoms with van der Waals surface area (Å²) < 4.78 is 0. The van der Waals surface area contributed by atoms with Gasteiger partial charge in [-0.25, -0.2) is 0 Å². The summed E-state index contributed by atoms with van der Waals surface area (Å²) in [5, 5.41) is 3.18. The van der Waals surface area contributed by atoms with Gasteiger partial charge in [-0.15, -0.1) is 0 Å². The standard InChI is InChI=1S/C15H32N4/c1-13(2)8-10-18-15(16)17-9-6-12-19-11-5-4-7-14(19)3/h13-14H,4-12H2,1-3H3,(H3,16,17,18). The van der Waals surface area contributed by atoms with Gasteiger partial charge in [0.05, 0.1) is 0 Å². The molecule has 3 N–H and O–H groups in total. The Morgan fingerprint density at radius 2 is 2.21 bits per heavy atom. The van der Waals surface area contributed by atoms with Crippen LogP contribution < -0.4 is 11.1 Å². The number of aliphatic imine (C=N–C) groups is 1. The number of rotatable bonds is 7. The molecule has 0 spiro atoms. The van der Waals surface area contributed by atoms with E-state index in [4.69, 9.17) is 5.73 Å². The average Bonchev–Trinajstić information content (AvgIpc) is 2.36. The second-order valence-electron chi connectivity index (χ2n) is 6.11. The molecule has 0 bridgehead atoms. The summed E-state index contributed by atoms with van der Waals surface area (Å²) in [7, 11) is 0. The Balaban J connectivity index is 2.08. The Labute approximate surface area is 118 Å². The number of nitrogens with one attached hydrogen (secondary N) is 1. The molecule has 1 saturated heterocycles. The Hall–Kier alpha value is -0.770. The van der Waals surface area contributed by atoms with E-state index < -0.39 is 0 Å². The first-order valence-electron chi connectivity index (χ1n) is 7.87. The van der Waals surface area contributed by atoms with Gasteiger partial charge in [0.1, 0.15) is 0 Å². The molecular weight excluding hydrogens is 236 g/mol. The molecule has 4 heteroatoms. The molecule has 0 aliphatic carbocycles. The minimum Gasteiger partial charge on any atom is -0.370 e. The Morgan fingerprint density at radius 3 is 2.89 bits per heavy atom. The molecule has 0 saturated carbocycles. The van der Waals surface area contributed by atoms with Gasteiger partial charge in [0.15, 0.2) is 5.96 Å². The predicted octanol–water partition coefficient (Wildman–Crippen LogP) is 2.20. The van der Waals surface area contributed by atoms with Crippen molar-refractivity contribution in [2.75, 3.05) is 26.2 Å². The summed E-state index contributed by atoms with van der Waals surface area (Å²) in [5.41, 5.74) is 5.83. The molecule has 0 aromatic heterocycles. The molecule has 1 heterocycles. The third-order valence-electron chi connectivity index (χ3n) is 3.85. The van der Waals surface area contributed by atoms with Crippen molar-refractivity contribution < 1.29 is 0 Å². The van der Waals surface area contributed by atoms with Crippen LogP contribution in [0.1, 0.15) is 52.9 Å². The van der Waals surface area contributed by atoms with Crippen LogP contribution in [0.15, 0.2) is 4.99 Å². The molecule has 0 radical (unpaired) electrons. The van der Waals surface area contributed by atoms with E-state index >= 15 is 0 Å². The predicted molar refractivity (Wildman–Crippen MR) is 83.5 cm³/mol. The number of piperidine rings is 1. The monoisotopic (exact) mass is 268 g/mol. The Kier molecular flexibility index (Phi) is 7.87. The van der Waals surface area contributed by atoms with Crippen molar-refractivity contribution in [1.82, 2.24) is 10.2 Å². The molecule has 1 atom stereocenters. The highest BCUT2D eigenvalue weighted by atomic mass is 15.2. The molecular formula is C15H32N4. The first kappa shape index (κ1) is 16.3. The van der Waals surface area contributed by atoms with E-state index in [-0.39, 0.29) is 0 Å². The smallest absolute Gasteiger partial charge is 0.188 e. The van der Waals surface area contributed by atoms with Crippen LogP contribution >= 0.6 is 0 Å². The first-order chi connectivity index (χ1) is 9.09. The number of guanidine groups is 1. The maximum atomic E-state index is 5.83. The maximum Gasteiger partial charge on any atom is 0.188 e. The molecule has 1 unspecified atom stereocenters. The zero-order valence-corrected chi connectivity index (χ0v) is 13.0. The van der Waals surface area contributed by atoms with E-state index in [1.54, 1.807) is 0 Å². The van der Waals surface area contributed by atoms with Gasteiger partial charge in [0, 0.05) is 25.7 Å². The fraction of sp³-hybridized carbons (Fsp3) is 0.933. The fourth-order valence-electron chi connectivity index (χ4n) is 2.51. The first-order valence-corrected chi connectivity index (χ1v) is 7.87. The van der Waals surface area contributed by atoms with Gasteiger partial charge in [-0.05, 0) is 45.1 Å². The van der Waals surface area contributed by atoms with Gasteiger partial charge in [0.2, 0.25) is 0 Å². The lowest BCUT2D eigenvalue weighted by Gasteiger charge is -2.33. The Bertz CT molecular complexity index is 263. The fourth-order valence-corrected chi connectivity index (χ4v) is 2.51. The van der Waals surface area contributed by atoms with Crippen LogP contribution in [-0.2, 0) is 0 Å². The summed E-state index contributed by atoms with van der Waals surface area (Å²) in [6.07, 6.45) is 6.34. The highest BCUT2D eigenvalue weighted by Gasteiger charge is 2.16. The second-order valence-corrected chi connectivity index (χ2v) is 6.11. The molecule has 0 amide bonds. The van der Waals surface area contributed by atoms with Crippen LogP contribution in [-0.4, -0.2) is 43.1 Å². The van der Waals surface area contributed by atoms with Crippen molar-refractivity contribution in [2.45, 2.75) is 58.9 Å². The van der Waals surface area contributed by atoms with E-state index in [0.717, 1.165) is 38.5 Å². The molecule has 0 aromatic carbocycles. The summed E-state index contributed by atoms with van der Waals surface area (Å²) in [6, 6.07) is 0.749. The van der Waals surface area contributed by atoms with Crippen LogP contribution in [0.3, 0.4) is 0 Å². The van der Waals surface area contributed by atoms with Crippen LogP contribution in [0.5, 0.6) is 0 Å². The summed E-state index contributed by atoms with van der Waals surface area (Å²) in [4.78, 5) is 6.97. The third-order valence-corrected chi connectivity index (χ3v) is 3.85. The number of hydrogen-bond acceptors (Lipinski definition) is 2. The lowest BCUT2D eigenvalue weighted by molar-refractivity contribution is 0.160. The summed E-state index contributed by atoms with van der Waals surface area (Å²) >= 11 is 0. The van der Waals surface area contributed by atoms with Crippen molar-refractivity contribution in [3.8, 4) is 0 Å². The van der Waals surface area contributed by atoms with Gasteiger partial charge in [0.25, 0.3) is 0 Å². The van der Waals surface area contributed by atoms with Crippen LogP contribution in [0, 0.1) is 5.92 Å². The van der Waals surface area contributed by atoms with Gasteiger partial charge in [-0.3, -0.25) is 4.99 Å². The zero-order chi connectivity index (χ0) is 14.1. The third kappa shape index (κ3) is 7.41. The molecule has 1 rings (SSSR count). The topological polar surface area (TPSA) is 53.6 Å². The van der Waals surface area contributed by atoms with Crippen molar-refractivity contribution in [2.24, 2.45) is 16.6 Å². The Morgan fingerprint density at radius 1 is 1.42 bits per heavy atom. The maximum absolute atomic E-state index is 5.83. The largest absolute Gasteiger partial charge is 0.370 e. The lowest BCUT2D eigenvalue weighted by Crippen LogP contribution is -2.38. The van der Waals surface area contributed by atoms with Crippen molar-refractivity contribution in [3.05, 3.63) is 0 Å². The average molecular weight is 268 g/mol. The number of nitrogens with zero attached hydrogens (tertiary/aromatic N) is 2. The summed E-state index contributed by atoms with van der Waals surface area (Å²) in [5.74, 6) is 1.31. The lowest BCUT2D eigenvalue weighted by atomic mass is 10.0. The molecule has 1 aliphatic heterocycles.